The van der Waals surface area contributed by atoms with Gasteiger partial charge in [0.05, 0.1) is 30.4 Å². The quantitative estimate of drug-likeness (QED) is 0.390. The molecule has 31 heavy (non-hydrogen) atoms. The zero-order valence-electron chi connectivity index (χ0n) is 17.8. The van der Waals surface area contributed by atoms with Crippen LogP contribution in [0.2, 0.25) is 5.02 Å². The Morgan fingerprint density at radius 2 is 1.87 bits per heavy atom. The van der Waals surface area contributed by atoms with Crippen molar-refractivity contribution in [2.24, 2.45) is 0 Å². The molecule has 3 rings (SSSR count). The Kier molecular flexibility index (Phi) is 7.46. The lowest BCUT2D eigenvalue weighted by molar-refractivity contribution is -0.115. The largest absolute Gasteiger partial charge is 0.497 e. The number of fused-ring (bicyclic) bond motifs is 1. The molecule has 3 aromatic rings. The zero-order valence-corrected chi connectivity index (χ0v) is 19.3. The minimum Gasteiger partial charge on any atom is -0.497 e. The molecule has 164 valence electrons. The summed E-state index contributed by atoms with van der Waals surface area (Å²) in [6.07, 6.45) is 0.762. The number of thioether (sulfide) groups is 1. The van der Waals surface area contributed by atoms with Crippen LogP contribution in [0.5, 0.6) is 11.5 Å². The van der Waals surface area contributed by atoms with Crippen molar-refractivity contribution in [3.63, 3.8) is 0 Å². The van der Waals surface area contributed by atoms with Crippen molar-refractivity contribution in [1.29, 1.82) is 0 Å². The van der Waals surface area contributed by atoms with Crippen LogP contribution in [-0.4, -0.2) is 34.9 Å². The number of amides is 1. The second kappa shape index (κ2) is 10.1. The molecule has 0 aliphatic carbocycles. The molecule has 0 bridgehead atoms. The molecule has 0 aliphatic heterocycles. The summed E-state index contributed by atoms with van der Waals surface area (Å²) >= 11 is 7.31. The maximum absolute atomic E-state index is 13.0. The third-order valence-electron chi connectivity index (χ3n) is 4.60. The van der Waals surface area contributed by atoms with E-state index in [2.05, 4.69) is 10.3 Å². The Hall–Kier alpha value is -2.71. The number of carbonyl (C=O) groups is 1. The van der Waals surface area contributed by atoms with Crippen molar-refractivity contribution < 1.29 is 14.3 Å². The van der Waals surface area contributed by atoms with Gasteiger partial charge in [-0.1, -0.05) is 30.3 Å². The molecule has 0 spiro atoms. The Morgan fingerprint density at radius 1 is 1.19 bits per heavy atom. The Bertz CT molecular complexity index is 1140. The smallest absolute Gasteiger partial charge is 0.262 e. The highest BCUT2D eigenvalue weighted by Crippen LogP contribution is 2.28. The van der Waals surface area contributed by atoms with E-state index in [4.69, 9.17) is 21.1 Å². The minimum atomic E-state index is -0.510. The fourth-order valence-corrected chi connectivity index (χ4v) is 4.12. The van der Waals surface area contributed by atoms with Gasteiger partial charge in [-0.05, 0) is 31.5 Å². The Balaban J connectivity index is 1.88. The maximum atomic E-state index is 13.0. The van der Waals surface area contributed by atoms with Gasteiger partial charge in [-0.15, -0.1) is 0 Å². The molecule has 0 saturated heterocycles. The Morgan fingerprint density at radius 3 is 2.48 bits per heavy atom. The number of halogens is 1. The van der Waals surface area contributed by atoms with Crippen LogP contribution in [0.15, 0.2) is 46.3 Å². The van der Waals surface area contributed by atoms with Crippen LogP contribution in [0.25, 0.3) is 10.9 Å². The summed E-state index contributed by atoms with van der Waals surface area (Å²) in [4.78, 5) is 30.4. The van der Waals surface area contributed by atoms with E-state index in [9.17, 15) is 9.59 Å². The normalized spacial score (nSPS) is 11.9. The average Bonchev–Trinajstić information content (AvgIpc) is 2.75. The second-order valence-corrected chi connectivity index (χ2v) is 8.61. The van der Waals surface area contributed by atoms with E-state index in [1.807, 2.05) is 6.92 Å². The summed E-state index contributed by atoms with van der Waals surface area (Å²) in [7, 11) is 3.09. The summed E-state index contributed by atoms with van der Waals surface area (Å²) in [5.41, 5.74) is 0.923. The first-order valence-corrected chi connectivity index (χ1v) is 11.0. The van der Waals surface area contributed by atoms with Crippen LogP contribution in [-0.2, 0) is 11.3 Å². The fraction of sp³-hybridized carbons (Fsp3) is 0.318. The number of aromatic nitrogens is 2. The number of anilines is 1. The zero-order chi connectivity index (χ0) is 22.5. The van der Waals surface area contributed by atoms with Gasteiger partial charge in [0, 0.05) is 35.5 Å². The molecule has 0 saturated carbocycles. The van der Waals surface area contributed by atoms with E-state index in [1.54, 1.807) is 62.1 Å². The topological polar surface area (TPSA) is 82.5 Å². The molecule has 1 heterocycles. The Labute approximate surface area is 189 Å². The minimum absolute atomic E-state index is 0.142. The number of hydrogen-bond acceptors (Lipinski definition) is 6. The molecule has 2 aromatic carbocycles. The van der Waals surface area contributed by atoms with Gasteiger partial charge in [0.25, 0.3) is 5.56 Å². The van der Waals surface area contributed by atoms with Crippen LogP contribution in [0.1, 0.15) is 20.3 Å². The van der Waals surface area contributed by atoms with E-state index in [0.717, 1.165) is 6.42 Å². The summed E-state index contributed by atoms with van der Waals surface area (Å²) in [6, 6.07) is 10.2. The van der Waals surface area contributed by atoms with E-state index >= 15 is 0 Å². The number of nitrogens with one attached hydrogen (secondary N) is 1. The molecule has 0 aliphatic rings. The lowest BCUT2D eigenvalue weighted by Gasteiger charge is -2.16. The van der Waals surface area contributed by atoms with E-state index in [0.29, 0.717) is 44.8 Å². The van der Waals surface area contributed by atoms with Crippen molar-refractivity contribution >= 4 is 45.9 Å². The molecular formula is C22H24ClN3O4S. The highest BCUT2D eigenvalue weighted by atomic mass is 35.5. The summed E-state index contributed by atoms with van der Waals surface area (Å²) in [6.45, 7) is 4.26. The number of rotatable bonds is 8. The van der Waals surface area contributed by atoms with E-state index < -0.39 is 5.25 Å². The molecule has 0 radical (unpaired) electrons. The van der Waals surface area contributed by atoms with Crippen LogP contribution in [0, 0.1) is 0 Å². The molecule has 9 heteroatoms. The van der Waals surface area contributed by atoms with Crippen molar-refractivity contribution in [2.45, 2.75) is 37.2 Å². The molecule has 1 unspecified atom stereocenters. The number of ether oxygens (including phenoxy) is 2. The van der Waals surface area contributed by atoms with Gasteiger partial charge in [0.15, 0.2) is 5.16 Å². The predicted molar refractivity (Wildman–Crippen MR) is 125 cm³/mol. The predicted octanol–water partition coefficient (Wildman–Crippen LogP) is 4.60. The van der Waals surface area contributed by atoms with Gasteiger partial charge in [-0.3, -0.25) is 14.2 Å². The van der Waals surface area contributed by atoms with E-state index in [1.165, 1.54) is 11.8 Å². The van der Waals surface area contributed by atoms with Crippen molar-refractivity contribution in [3.05, 3.63) is 51.8 Å². The summed E-state index contributed by atoms with van der Waals surface area (Å²) < 4.78 is 12.1. The number of benzene rings is 2. The van der Waals surface area contributed by atoms with Gasteiger partial charge < -0.3 is 14.8 Å². The van der Waals surface area contributed by atoms with Crippen LogP contribution in [0.3, 0.4) is 0 Å². The van der Waals surface area contributed by atoms with Crippen LogP contribution < -0.4 is 20.3 Å². The first kappa shape index (κ1) is 23.0. The first-order valence-electron chi connectivity index (χ1n) is 9.77. The van der Waals surface area contributed by atoms with Gasteiger partial charge in [0.1, 0.15) is 11.5 Å². The maximum Gasteiger partial charge on any atom is 0.262 e. The van der Waals surface area contributed by atoms with Crippen molar-refractivity contribution in [3.8, 4) is 11.5 Å². The number of hydrogen-bond donors (Lipinski definition) is 1. The van der Waals surface area contributed by atoms with Crippen molar-refractivity contribution in [1.82, 2.24) is 9.55 Å². The van der Waals surface area contributed by atoms with E-state index in [-0.39, 0.29) is 11.5 Å². The number of methoxy groups -OCH3 is 2. The fourth-order valence-electron chi connectivity index (χ4n) is 3.02. The number of carbonyl (C=O) groups excluding carboxylic acids is 1. The monoisotopic (exact) mass is 461 g/mol. The van der Waals surface area contributed by atoms with Gasteiger partial charge in [-0.25, -0.2) is 4.98 Å². The van der Waals surface area contributed by atoms with Crippen LogP contribution in [0.4, 0.5) is 5.69 Å². The second-order valence-electron chi connectivity index (χ2n) is 6.86. The molecule has 0 fully saturated rings. The highest BCUT2D eigenvalue weighted by Gasteiger charge is 2.20. The lowest BCUT2D eigenvalue weighted by atomic mass is 10.2. The highest BCUT2D eigenvalue weighted by molar-refractivity contribution is 8.00. The van der Waals surface area contributed by atoms with Gasteiger partial charge in [0.2, 0.25) is 5.91 Å². The first-order chi connectivity index (χ1) is 14.9. The standard InChI is InChI=1S/C22H24ClN3O4S/c1-5-8-26-21(28)18-7-6-14(23)9-19(18)25-22(26)31-13(2)20(27)24-15-10-16(29-3)12-17(11-15)30-4/h6-7,9-13H,5,8H2,1-4H3,(H,24,27). The summed E-state index contributed by atoms with van der Waals surface area (Å²) in [5, 5.41) is 3.84. The molecule has 1 atom stereocenters. The molecule has 1 amide bonds. The van der Waals surface area contributed by atoms with Gasteiger partial charge >= 0.3 is 0 Å². The lowest BCUT2D eigenvalue weighted by Crippen LogP contribution is -2.27. The number of nitrogens with zero attached hydrogens (tertiary/aromatic N) is 2. The van der Waals surface area contributed by atoms with Gasteiger partial charge in [-0.2, -0.15) is 0 Å². The molecule has 7 nitrogen and oxygen atoms in total. The summed E-state index contributed by atoms with van der Waals surface area (Å²) in [5.74, 6) is 0.906. The van der Waals surface area contributed by atoms with Crippen LogP contribution >= 0.6 is 23.4 Å². The van der Waals surface area contributed by atoms with Crippen molar-refractivity contribution in [2.75, 3.05) is 19.5 Å². The molecular weight excluding hydrogens is 438 g/mol. The molecule has 1 aromatic heterocycles. The SMILES string of the molecule is CCCn1c(SC(C)C(=O)Nc2cc(OC)cc(OC)c2)nc2cc(Cl)ccc2c1=O. The third-order valence-corrected chi connectivity index (χ3v) is 5.93. The third kappa shape index (κ3) is 5.32. The average molecular weight is 462 g/mol. The molecule has 1 N–H and O–H groups in total.